The third-order valence-electron chi connectivity index (χ3n) is 4.77. The van der Waals surface area contributed by atoms with Crippen LogP contribution in [-0.4, -0.2) is 38.1 Å². The molecule has 1 aliphatic carbocycles. The molecular formula is C20H23NO3. The Morgan fingerprint density at radius 2 is 1.67 bits per heavy atom. The minimum Gasteiger partial charge on any atom is -0.493 e. The van der Waals surface area contributed by atoms with Crippen LogP contribution in [0.4, 0.5) is 0 Å². The van der Waals surface area contributed by atoms with Gasteiger partial charge in [-0.05, 0) is 41.7 Å². The lowest BCUT2D eigenvalue weighted by molar-refractivity contribution is -0.131. The Morgan fingerprint density at radius 1 is 1.04 bits per heavy atom. The first kappa shape index (κ1) is 16.4. The molecule has 4 heteroatoms. The van der Waals surface area contributed by atoms with E-state index in [9.17, 15) is 4.79 Å². The zero-order valence-electron chi connectivity index (χ0n) is 14.4. The minimum absolute atomic E-state index is 0.125. The Kier molecular flexibility index (Phi) is 4.74. The molecule has 1 amide bonds. The highest BCUT2D eigenvalue weighted by Gasteiger charge is 2.27. The van der Waals surface area contributed by atoms with E-state index in [1.54, 1.807) is 14.2 Å². The van der Waals surface area contributed by atoms with Crippen molar-refractivity contribution in [2.45, 2.75) is 25.3 Å². The molecule has 0 saturated heterocycles. The monoisotopic (exact) mass is 325 g/mol. The van der Waals surface area contributed by atoms with E-state index in [1.165, 1.54) is 11.1 Å². The van der Waals surface area contributed by atoms with Crippen LogP contribution in [0.1, 0.15) is 16.7 Å². The standard InChI is InChI=1S/C20H23NO3/c1-21(17-12-15-6-4-5-7-16(15)13-17)20(22)11-14-8-9-18(23-2)19(10-14)24-3/h4-10,17H,11-13H2,1-3H3. The number of likely N-dealkylation sites (N-methyl/N-ethyl adjacent to an activating group) is 1. The number of ether oxygens (including phenoxy) is 2. The van der Waals surface area contributed by atoms with Gasteiger partial charge in [-0.1, -0.05) is 30.3 Å². The summed E-state index contributed by atoms with van der Waals surface area (Å²) < 4.78 is 10.6. The Labute approximate surface area is 143 Å². The quantitative estimate of drug-likeness (QED) is 0.848. The summed E-state index contributed by atoms with van der Waals surface area (Å²) in [5.74, 6) is 1.45. The number of hydrogen-bond donors (Lipinski definition) is 0. The topological polar surface area (TPSA) is 38.8 Å². The normalized spacial score (nSPS) is 13.5. The average molecular weight is 325 g/mol. The smallest absolute Gasteiger partial charge is 0.227 e. The molecule has 0 spiro atoms. The number of carbonyl (C=O) groups excluding carboxylic acids is 1. The van der Waals surface area contributed by atoms with Gasteiger partial charge in [0.2, 0.25) is 5.91 Å². The van der Waals surface area contributed by atoms with Crippen molar-refractivity contribution in [3.05, 3.63) is 59.2 Å². The average Bonchev–Trinajstić information content (AvgIpc) is 3.04. The molecule has 0 radical (unpaired) electrons. The van der Waals surface area contributed by atoms with E-state index in [1.807, 2.05) is 30.1 Å². The first-order chi connectivity index (χ1) is 11.6. The Morgan fingerprint density at radius 3 is 2.25 bits per heavy atom. The summed E-state index contributed by atoms with van der Waals surface area (Å²) in [6.07, 6.45) is 2.23. The van der Waals surface area contributed by atoms with Gasteiger partial charge in [-0.25, -0.2) is 0 Å². The Hall–Kier alpha value is -2.49. The van der Waals surface area contributed by atoms with Crippen LogP contribution < -0.4 is 9.47 Å². The van der Waals surface area contributed by atoms with Gasteiger partial charge in [0.15, 0.2) is 11.5 Å². The van der Waals surface area contributed by atoms with Gasteiger partial charge >= 0.3 is 0 Å². The van der Waals surface area contributed by atoms with Crippen molar-refractivity contribution in [3.8, 4) is 11.5 Å². The van der Waals surface area contributed by atoms with E-state index in [4.69, 9.17) is 9.47 Å². The number of hydrogen-bond acceptors (Lipinski definition) is 3. The summed E-state index contributed by atoms with van der Waals surface area (Å²) in [4.78, 5) is 14.5. The third kappa shape index (κ3) is 3.23. The second-order valence-corrected chi connectivity index (χ2v) is 6.20. The molecule has 0 unspecified atom stereocenters. The van der Waals surface area contributed by atoms with Crippen LogP contribution in [0.2, 0.25) is 0 Å². The van der Waals surface area contributed by atoms with Gasteiger partial charge in [-0.2, -0.15) is 0 Å². The van der Waals surface area contributed by atoms with E-state index in [0.717, 1.165) is 18.4 Å². The number of nitrogens with zero attached hydrogens (tertiary/aromatic N) is 1. The van der Waals surface area contributed by atoms with Crippen LogP contribution in [0.5, 0.6) is 11.5 Å². The molecule has 2 aromatic rings. The van der Waals surface area contributed by atoms with Crippen LogP contribution >= 0.6 is 0 Å². The van der Waals surface area contributed by atoms with Crippen molar-refractivity contribution < 1.29 is 14.3 Å². The number of methoxy groups -OCH3 is 2. The predicted molar refractivity (Wildman–Crippen MR) is 93.7 cm³/mol. The first-order valence-electron chi connectivity index (χ1n) is 8.15. The molecule has 0 saturated carbocycles. The number of rotatable bonds is 5. The highest BCUT2D eigenvalue weighted by Crippen LogP contribution is 2.29. The van der Waals surface area contributed by atoms with Crippen LogP contribution in [0.15, 0.2) is 42.5 Å². The van der Waals surface area contributed by atoms with Gasteiger partial charge in [0.1, 0.15) is 0 Å². The van der Waals surface area contributed by atoms with Gasteiger partial charge in [0.05, 0.1) is 20.6 Å². The van der Waals surface area contributed by atoms with Gasteiger partial charge in [0.25, 0.3) is 0 Å². The highest BCUT2D eigenvalue weighted by atomic mass is 16.5. The van der Waals surface area contributed by atoms with Crippen LogP contribution in [0.3, 0.4) is 0 Å². The molecular weight excluding hydrogens is 302 g/mol. The fraction of sp³-hybridized carbons (Fsp3) is 0.350. The maximum absolute atomic E-state index is 12.7. The summed E-state index contributed by atoms with van der Waals surface area (Å²) in [5, 5.41) is 0. The molecule has 0 heterocycles. The van der Waals surface area contributed by atoms with Gasteiger partial charge in [-0.15, -0.1) is 0 Å². The van der Waals surface area contributed by atoms with Crippen molar-refractivity contribution in [1.82, 2.24) is 4.90 Å². The number of benzene rings is 2. The van der Waals surface area contributed by atoms with E-state index in [2.05, 4.69) is 24.3 Å². The van der Waals surface area contributed by atoms with Crippen LogP contribution in [0.25, 0.3) is 0 Å². The van der Waals surface area contributed by atoms with Gasteiger partial charge < -0.3 is 14.4 Å². The zero-order chi connectivity index (χ0) is 17.1. The molecule has 24 heavy (non-hydrogen) atoms. The highest BCUT2D eigenvalue weighted by molar-refractivity contribution is 5.79. The lowest BCUT2D eigenvalue weighted by Crippen LogP contribution is -2.38. The summed E-state index contributed by atoms with van der Waals surface area (Å²) in [5.41, 5.74) is 3.64. The SMILES string of the molecule is COc1ccc(CC(=O)N(C)C2Cc3ccccc3C2)cc1OC. The summed E-state index contributed by atoms with van der Waals surface area (Å²) in [6, 6.07) is 14.3. The Bertz CT molecular complexity index is 716. The van der Waals surface area contributed by atoms with Crippen molar-refractivity contribution in [2.24, 2.45) is 0 Å². The van der Waals surface area contributed by atoms with E-state index < -0.39 is 0 Å². The van der Waals surface area contributed by atoms with Crippen molar-refractivity contribution >= 4 is 5.91 Å². The summed E-state index contributed by atoms with van der Waals surface area (Å²) in [6.45, 7) is 0. The second-order valence-electron chi connectivity index (χ2n) is 6.20. The summed E-state index contributed by atoms with van der Waals surface area (Å²) in [7, 11) is 5.11. The minimum atomic E-state index is 0.125. The lowest BCUT2D eigenvalue weighted by Gasteiger charge is -2.24. The maximum Gasteiger partial charge on any atom is 0.227 e. The molecule has 0 bridgehead atoms. The van der Waals surface area contributed by atoms with Gasteiger partial charge in [-0.3, -0.25) is 4.79 Å². The van der Waals surface area contributed by atoms with E-state index in [-0.39, 0.29) is 11.9 Å². The zero-order valence-corrected chi connectivity index (χ0v) is 14.4. The largest absolute Gasteiger partial charge is 0.493 e. The molecule has 4 nitrogen and oxygen atoms in total. The van der Waals surface area contributed by atoms with Gasteiger partial charge in [0, 0.05) is 13.1 Å². The molecule has 1 aliphatic rings. The fourth-order valence-corrected chi connectivity index (χ4v) is 3.30. The molecule has 3 rings (SSSR count). The fourth-order valence-electron chi connectivity index (χ4n) is 3.30. The van der Waals surface area contributed by atoms with Crippen molar-refractivity contribution in [2.75, 3.05) is 21.3 Å². The molecule has 0 fully saturated rings. The molecule has 0 N–H and O–H groups in total. The van der Waals surface area contributed by atoms with E-state index >= 15 is 0 Å². The van der Waals surface area contributed by atoms with E-state index in [0.29, 0.717) is 17.9 Å². The molecule has 126 valence electrons. The second kappa shape index (κ2) is 6.95. The van der Waals surface area contributed by atoms with Crippen LogP contribution in [-0.2, 0) is 24.1 Å². The molecule has 0 aromatic heterocycles. The van der Waals surface area contributed by atoms with Crippen LogP contribution in [0, 0.1) is 0 Å². The summed E-state index contributed by atoms with van der Waals surface area (Å²) >= 11 is 0. The molecule has 0 aliphatic heterocycles. The number of carbonyl (C=O) groups is 1. The Balaban J connectivity index is 1.67. The number of fused-ring (bicyclic) bond motifs is 1. The first-order valence-corrected chi connectivity index (χ1v) is 8.15. The van der Waals surface area contributed by atoms with Crippen molar-refractivity contribution in [1.29, 1.82) is 0 Å². The lowest BCUT2D eigenvalue weighted by atomic mass is 10.1. The predicted octanol–water partition coefficient (Wildman–Crippen LogP) is 2.87. The maximum atomic E-state index is 12.7. The molecule has 0 atom stereocenters. The third-order valence-corrected chi connectivity index (χ3v) is 4.77. The number of amides is 1. The van der Waals surface area contributed by atoms with Crippen molar-refractivity contribution in [3.63, 3.8) is 0 Å². The molecule has 2 aromatic carbocycles.